The highest BCUT2D eigenvalue weighted by Gasteiger charge is 2.24. The molecule has 27 heavy (non-hydrogen) atoms. The van der Waals surface area contributed by atoms with Gasteiger partial charge in [0.25, 0.3) is 11.8 Å². The van der Waals surface area contributed by atoms with Gasteiger partial charge in [-0.2, -0.15) is 0 Å². The Kier molecular flexibility index (Phi) is 5.91. The van der Waals surface area contributed by atoms with Crippen LogP contribution in [0, 0.1) is 0 Å². The van der Waals surface area contributed by atoms with Crippen LogP contribution < -0.4 is 10.1 Å². The molecule has 140 valence electrons. The van der Waals surface area contributed by atoms with E-state index in [1.165, 1.54) is 0 Å². The lowest BCUT2D eigenvalue weighted by atomic mass is 10.0. The molecule has 0 spiro atoms. The van der Waals surface area contributed by atoms with E-state index in [-0.39, 0.29) is 24.5 Å². The molecule has 1 aliphatic heterocycles. The number of carbonyl (C=O) groups is 2. The first kappa shape index (κ1) is 18.7. The van der Waals surface area contributed by atoms with Crippen LogP contribution in [0.5, 0.6) is 5.75 Å². The molecule has 0 fully saturated rings. The average Bonchev–Trinajstić information content (AvgIpc) is 3.20. The fourth-order valence-electron chi connectivity index (χ4n) is 3.12. The average molecular weight is 364 g/mol. The number of hydrogen-bond acceptors (Lipinski definition) is 3. The van der Waals surface area contributed by atoms with Crippen molar-refractivity contribution in [1.29, 1.82) is 0 Å². The Labute approximate surface area is 159 Å². The lowest BCUT2D eigenvalue weighted by Crippen LogP contribution is -2.35. The lowest BCUT2D eigenvalue weighted by Gasteiger charge is -2.23. The van der Waals surface area contributed by atoms with E-state index in [2.05, 4.69) is 18.3 Å². The molecule has 2 aromatic rings. The van der Waals surface area contributed by atoms with Crippen LogP contribution in [-0.4, -0.2) is 43.0 Å². The Balaban J connectivity index is 1.73. The Morgan fingerprint density at radius 3 is 2.63 bits per heavy atom. The summed E-state index contributed by atoms with van der Waals surface area (Å²) in [6, 6.07) is 15.3. The Morgan fingerprint density at radius 1 is 1.15 bits per heavy atom. The molecule has 0 bridgehead atoms. The van der Waals surface area contributed by atoms with E-state index in [1.54, 1.807) is 7.05 Å². The number of amides is 2. The van der Waals surface area contributed by atoms with E-state index < -0.39 is 0 Å². The molecule has 1 heterocycles. The maximum Gasteiger partial charge on any atom is 0.257 e. The van der Waals surface area contributed by atoms with Gasteiger partial charge in [-0.05, 0) is 41.8 Å². The minimum atomic E-state index is -0.174. The molecule has 1 atom stereocenters. The van der Waals surface area contributed by atoms with Crippen LogP contribution in [0.2, 0.25) is 0 Å². The van der Waals surface area contributed by atoms with E-state index in [1.807, 2.05) is 59.5 Å². The highest BCUT2D eigenvalue weighted by Crippen LogP contribution is 2.25. The molecule has 2 amide bonds. The molecule has 0 radical (unpaired) electrons. The Hall–Kier alpha value is -3.08. The van der Waals surface area contributed by atoms with Crippen LogP contribution in [0.1, 0.15) is 23.7 Å². The molecule has 0 unspecified atom stereocenters. The summed E-state index contributed by atoms with van der Waals surface area (Å²) >= 11 is 0. The molecular formula is C22H24N2O3. The zero-order valence-corrected chi connectivity index (χ0v) is 15.6. The number of benzene rings is 2. The van der Waals surface area contributed by atoms with E-state index in [9.17, 15) is 9.59 Å². The molecule has 0 saturated heterocycles. The van der Waals surface area contributed by atoms with E-state index >= 15 is 0 Å². The van der Waals surface area contributed by atoms with Crippen LogP contribution in [0.4, 0.5) is 0 Å². The maximum atomic E-state index is 12.9. The third-order valence-corrected chi connectivity index (χ3v) is 4.69. The van der Waals surface area contributed by atoms with Gasteiger partial charge >= 0.3 is 0 Å². The van der Waals surface area contributed by atoms with Crippen molar-refractivity contribution >= 4 is 11.8 Å². The van der Waals surface area contributed by atoms with Crippen molar-refractivity contribution in [2.75, 3.05) is 20.2 Å². The predicted octanol–water partition coefficient (Wildman–Crippen LogP) is 3.27. The van der Waals surface area contributed by atoms with Gasteiger partial charge in [0.1, 0.15) is 5.75 Å². The summed E-state index contributed by atoms with van der Waals surface area (Å²) in [6.07, 6.45) is 5.06. The van der Waals surface area contributed by atoms with Crippen molar-refractivity contribution < 1.29 is 14.3 Å². The fourth-order valence-corrected chi connectivity index (χ4v) is 3.12. The van der Waals surface area contributed by atoms with E-state index in [0.29, 0.717) is 17.9 Å². The minimum absolute atomic E-state index is 0.0116. The fraction of sp³-hybridized carbons (Fsp3) is 0.273. The van der Waals surface area contributed by atoms with Crippen LogP contribution >= 0.6 is 0 Å². The number of carbonyl (C=O) groups excluding carboxylic acids is 2. The largest absolute Gasteiger partial charge is 0.484 e. The highest BCUT2D eigenvalue weighted by molar-refractivity contribution is 5.96. The van der Waals surface area contributed by atoms with Gasteiger partial charge in [0.05, 0.1) is 6.04 Å². The van der Waals surface area contributed by atoms with Crippen LogP contribution in [0.15, 0.2) is 60.7 Å². The van der Waals surface area contributed by atoms with Gasteiger partial charge in [-0.25, -0.2) is 0 Å². The van der Waals surface area contributed by atoms with Gasteiger partial charge < -0.3 is 15.0 Å². The maximum absolute atomic E-state index is 12.9. The molecule has 1 aliphatic rings. The van der Waals surface area contributed by atoms with Gasteiger partial charge in [0, 0.05) is 19.2 Å². The van der Waals surface area contributed by atoms with Crippen molar-refractivity contribution in [3.05, 3.63) is 66.2 Å². The number of nitrogens with zero attached hydrogens (tertiary/aromatic N) is 1. The van der Waals surface area contributed by atoms with Gasteiger partial charge in [-0.1, -0.05) is 43.3 Å². The normalized spacial score (nSPS) is 15.6. The van der Waals surface area contributed by atoms with Crippen molar-refractivity contribution in [2.45, 2.75) is 19.4 Å². The molecule has 3 rings (SSSR count). The molecule has 0 aliphatic carbocycles. The van der Waals surface area contributed by atoms with Crippen LogP contribution in [0.3, 0.4) is 0 Å². The number of ether oxygens (including phenoxy) is 1. The van der Waals surface area contributed by atoms with E-state index in [0.717, 1.165) is 17.5 Å². The Bertz CT molecular complexity index is 843. The second kappa shape index (κ2) is 8.54. The number of rotatable bonds is 6. The van der Waals surface area contributed by atoms with Gasteiger partial charge in [-0.3, -0.25) is 9.59 Å². The summed E-state index contributed by atoms with van der Waals surface area (Å²) in [7, 11) is 1.57. The van der Waals surface area contributed by atoms with Crippen LogP contribution in [0.25, 0.3) is 11.1 Å². The molecule has 5 heteroatoms. The summed E-state index contributed by atoms with van der Waals surface area (Å²) in [5.41, 5.74) is 2.65. The van der Waals surface area contributed by atoms with Crippen molar-refractivity contribution in [3.63, 3.8) is 0 Å². The third kappa shape index (κ3) is 4.37. The lowest BCUT2D eigenvalue weighted by molar-refractivity contribution is -0.122. The monoisotopic (exact) mass is 364 g/mol. The predicted molar refractivity (Wildman–Crippen MR) is 106 cm³/mol. The summed E-state index contributed by atoms with van der Waals surface area (Å²) in [5, 5.41) is 2.52. The molecule has 1 N–H and O–H groups in total. The number of nitrogens with one attached hydrogen (secondary N) is 1. The minimum Gasteiger partial charge on any atom is -0.484 e. The summed E-state index contributed by atoms with van der Waals surface area (Å²) < 4.78 is 5.42. The smallest absolute Gasteiger partial charge is 0.257 e. The first-order valence-electron chi connectivity index (χ1n) is 9.14. The third-order valence-electron chi connectivity index (χ3n) is 4.69. The molecule has 0 saturated carbocycles. The summed E-state index contributed by atoms with van der Waals surface area (Å²) in [6.45, 7) is 2.74. The zero-order valence-electron chi connectivity index (χ0n) is 15.6. The SMILES string of the molecule is CC[C@@H]1C=CCN1C(=O)c1cccc(-c2ccc(OCC(=O)NC)cc2)c1. The second-order valence-corrected chi connectivity index (χ2v) is 6.43. The van der Waals surface area contributed by atoms with Gasteiger partial charge in [-0.15, -0.1) is 0 Å². The van der Waals surface area contributed by atoms with Gasteiger partial charge in [0.15, 0.2) is 6.61 Å². The summed E-state index contributed by atoms with van der Waals surface area (Å²) in [5.74, 6) is 0.509. The highest BCUT2D eigenvalue weighted by atomic mass is 16.5. The first-order chi connectivity index (χ1) is 13.1. The van der Waals surface area contributed by atoms with Crippen molar-refractivity contribution in [2.24, 2.45) is 0 Å². The molecule has 5 nitrogen and oxygen atoms in total. The van der Waals surface area contributed by atoms with E-state index in [4.69, 9.17) is 4.74 Å². The van der Waals surface area contributed by atoms with Gasteiger partial charge in [0.2, 0.25) is 0 Å². The summed E-state index contributed by atoms with van der Waals surface area (Å²) in [4.78, 5) is 26.0. The van der Waals surface area contributed by atoms with Crippen molar-refractivity contribution in [1.82, 2.24) is 10.2 Å². The number of hydrogen-bond donors (Lipinski definition) is 1. The number of likely N-dealkylation sites (N-methyl/N-ethyl adjacent to an activating group) is 1. The Morgan fingerprint density at radius 2 is 1.93 bits per heavy atom. The molecule has 2 aromatic carbocycles. The topological polar surface area (TPSA) is 58.6 Å². The standard InChI is InChI=1S/C22H24N2O3/c1-3-19-8-5-13-24(19)22(26)18-7-4-6-17(14-18)16-9-11-20(12-10-16)27-15-21(25)23-2/h4-12,14,19H,3,13,15H2,1-2H3,(H,23,25)/t19-/m1/s1. The van der Waals surface area contributed by atoms with Crippen molar-refractivity contribution in [3.8, 4) is 16.9 Å². The quantitative estimate of drug-likeness (QED) is 0.801. The first-order valence-corrected chi connectivity index (χ1v) is 9.14. The molecule has 0 aromatic heterocycles. The zero-order chi connectivity index (χ0) is 19.2. The molecular weight excluding hydrogens is 340 g/mol. The second-order valence-electron chi connectivity index (χ2n) is 6.43. The van der Waals surface area contributed by atoms with Crippen LogP contribution in [-0.2, 0) is 4.79 Å².